The zero-order chi connectivity index (χ0) is 19.7. The fourth-order valence-corrected chi connectivity index (χ4v) is 3.36. The third-order valence-corrected chi connectivity index (χ3v) is 4.48. The molecule has 0 fully saturated rings. The monoisotopic (exact) mass is 385 g/mol. The number of carbonyl (C=O) groups excluding carboxylic acids is 2. The van der Waals surface area contributed by atoms with Gasteiger partial charge in [-0.05, 0) is 11.6 Å². The van der Waals surface area contributed by atoms with Crippen molar-refractivity contribution in [2.24, 2.45) is 0 Å². The summed E-state index contributed by atoms with van der Waals surface area (Å²) in [4.78, 5) is 24.6. The number of alkyl halides is 3. The van der Waals surface area contributed by atoms with Gasteiger partial charge in [0.2, 0.25) is 0 Å². The summed E-state index contributed by atoms with van der Waals surface area (Å²) in [6.07, 6.45) is -2.33. The summed E-state index contributed by atoms with van der Waals surface area (Å²) >= 11 is 0. The van der Waals surface area contributed by atoms with Crippen LogP contribution in [0.2, 0.25) is 0 Å². The maximum absolute atomic E-state index is 14.3. The number of methoxy groups -OCH3 is 1. The highest BCUT2D eigenvalue weighted by Crippen LogP contribution is 2.44. The van der Waals surface area contributed by atoms with Crippen LogP contribution >= 0.6 is 0 Å². The maximum atomic E-state index is 14.3. The van der Waals surface area contributed by atoms with E-state index < -0.39 is 48.8 Å². The molecule has 0 spiro atoms. The predicted molar refractivity (Wildman–Crippen MR) is 85.1 cm³/mol. The van der Waals surface area contributed by atoms with Crippen molar-refractivity contribution in [2.75, 3.05) is 27.1 Å². The van der Waals surface area contributed by atoms with Crippen LogP contribution in [-0.4, -0.2) is 39.0 Å². The van der Waals surface area contributed by atoms with Crippen molar-refractivity contribution >= 4 is 11.9 Å². The van der Waals surface area contributed by atoms with Crippen LogP contribution in [0.15, 0.2) is 40.7 Å². The molecule has 3 rings (SSSR count). The summed E-state index contributed by atoms with van der Waals surface area (Å²) in [6.45, 7) is -2.85. The number of cyclic esters (lactones) is 1. The molecule has 0 bridgehead atoms. The molecule has 1 aromatic carbocycles. The number of hydrogen-bond acceptors (Lipinski definition) is 5. The molecule has 5 nitrogen and oxygen atoms in total. The number of carbonyl (C=O) groups is 2. The highest BCUT2D eigenvalue weighted by Gasteiger charge is 2.44. The zero-order valence-corrected chi connectivity index (χ0v) is 14.2. The van der Waals surface area contributed by atoms with Crippen molar-refractivity contribution in [2.45, 2.75) is 12.1 Å². The first-order chi connectivity index (χ1) is 12.9. The van der Waals surface area contributed by atoms with Gasteiger partial charge in [-0.1, -0.05) is 12.1 Å². The molecule has 27 heavy (non-hydrogen) atoms. The molecule has 9 heteroatoms. The summed E-state index contributed by atoms with van der Waals surface area (Å²) in [5.41, 5.74) is -1.26. The minimum atomic E-state index is -2.33. The van der Waals surface area contributed by atoms with Crippen LogP contribution in [0.4, 0.5) is 17.6 Å². The second-order valence-corrected chi connectivity index (χ2v) is 5.91. The van der Waals surface area contributed by atoms with E-state index in [1.165, 1.54) is 12.1 Å². The fraction of sp³-hybridized carbons (Fsp3) is 0.333. The molecule has 0 aromatic heterocycles. The number of rotatable bonds is 5. The van der Waals surface area contributed by atoms with Gasteiger partial charge >= 0.3 is 11.9 Å². The van der Waals surface area contributed by atoms with E-state index in [-0.39, 0.29) is 34.7 Å². The van der Waals surface area contributed by atoms with Gasteiger partial charge in [0, 0.05) is 5.56 Å². The van der Waals surface area contributed by atoms with Crippen LogP contribution in [0.5, 0.6) is 0 Å². The van der Waals surface area contributed by atoms with Crippen LogP contribution in [-0.2, 0) is 19.1 Å². The van der Waals surface area contributed by atoms with Crippen LogP contribution in [0.1, 0.15) is 23.2 Å². The Morgan fingerprint density at radius 1 is 1.41 bits per heavy atom. The lowest BCUT2D eigenvalue weighted by Gasteiger charge is -2.29. The van der Waals surface area contributed by atoms with E-state index >= 15 is 0 Å². The molecule has 2 heterocycles. The largest absolute Gasteiger partial charge is 0.466 e. The number of dihydropyridines is 1. The molecule has 1 N–H and O–H groups in total. The number of halogens is 4. The summed E-state index contributed by atoms with van der Waals surface area (Å²) in [6, 6.07) is 3.42. The van der Waals surface area contributed by atoms with Crippen molar-refractivity contribution in [1.29, 1.82) is 0 Å². The fourth-order valence-electron chi connectivity index (χ4n) is 3.36. The second-order valence-electron chi connectivity index (χ2n) is 5.91. The number of hydrogen-bond donors (Lipinski definition) is 1. The van der Waals surface area contributed by atoms with Crippen LogP contribution in [0.25, 0.3) is 0 Å². The minimum absolute atomic E-state index is 0.0921. The van der Waals surface area contributed by atoms with E-state index in [1.807, 2.05) is 0 Å². The van der Waals surface area contributed by atoms with Gasteiger partial charge in [0.15, 0.2) is 6.17 Å². The van der Waals surface area contributed by atoms with E-state index in [4.69, 9.17) is 4.74 Å². The molecule has 1 aromatic rings. The predicted octanol–water partition coefficient (Wildman–Crippen LogP) is 2.70. The van der Waals surface area contributed by atoms with Crippen LogP contribution < -0.4 is 5.32 Å². The van der Waals surface area contributed by atoms with Gasteiger partial charge in [0.05, 0.1) is 35.6 Å². The van der Waals surface area contributed by atoms with E-state index in [1.54, 1.807) is 0 Å². The topological polar surface area (TPSA) is 64.6 Å². The SMILES string of the molecule is COC(=O)C1=C(CF)NC2=C(C(=O)OC2)[C@@H]1c1cccc(F)c1[C@H](F)CF. The third kappa shape index (κ3) is 3.07. The molecule has 0 saturated heterocycles. The van der Waals surface area contributed by atoms with Gasteiger partial charge in [0.1, 0.15) is 25.8 Å². The average molecular weight is 385 g/mol. The normalized spacial score (nSPS) is 20.2. The summed E-state index contributed by atoms with van der Waals surface area (Å²) in [7, 11) is 1.05. The molecule has 0 unspecified atom stereocenters. The minimum Gasteiger partial charge on any atom is -0.466 e. The molecule has 0 radical (unpaired) electrons. The molecule has 0 saturated carbocycles. The van der Waals surface area contributed by atoms with E-state index in [0.717, 1.165) is 13.2 Å². The third-order valence-electron chi connectivity index (χ3n) is 4.48. The van der Waals surface area contributed by atoms with Gasteiger partial charge in [-0.15, -0.1) is 0 Å². The standard InChI is InChI=1S/C18H15F4NO4/c1-26-17(24)15-11(6-20)23-12-7-27-18(25)16(12)14(15)8-3-2-4-9(21)13(8)10(22)5-19/h2-4,10,14,23H,5-7H2,1H3/t10-,14-/m1/s1. The Morgan fingerprint density at radius 3 is 2.78 bits per heavy atom. The maximum Gasteiger partial charge on any atom is 0.337 e. The van der Waals surface area contributed by atoms with E-state index in [0.29, 0.717) is 0 Å². The summed E-state index contributed by atoms with van der Waals surface area (Å²) in [5.74, 6) is -4.22. The van der Waals surface area contributed by atoms with Crippen LogP contribution in [0, 0.1) is 5.82 Å². The summed E-state index contributed by atoms with van der Waals surface area (Å²) in [5, 5.41) is 2.61. The van der Waals surface area contributed by atoms with Gasteiger partial charge in [-0.3, -0.25) is 0 Å². The van der Waals surface area contributed by atoms with Gasteiger partial charge in [0.25, 0.3) is 0 Å². The number of esters is 2. The number of nitrogens with one attached hydrogen (secondary N) is 1. The first kappa shape index (κ1) is 18.9. The lowest BCUT2D eigenvalue weighted by molar-refractivity contribution is -0.136. The highest BCUT2D eigenvalue weighted by molar-refractivity contribution is 6.01. The quantitative estimate of drug-likeness (QED) is 0.624. The Hall–Kier alpha value is -2.84. The number of benzene rings is 1. The first-order valence-corrected chi connectivity index (χ1v) is 7.97. The smallest absolute Gasteiger partial charge is 0.337 e. The van der Waals surface area contributed by atoms with E-state index in [2.05, 4.69) is 10.1 Å². The first-order valence-electron chi connectivity index (χ1n) is 7.97. The number of ether oxygens (including phenoxy) is 2. The summed E-state index contributed by atoms with van der Waals surface area (Å²) < 4.78 is 64.7. The van der Waals surface area contributed by atoms with Crippen molar-refractivity contribution in [1.82, 2.24) is 5.32 Å². The zero-order valence-electron chi connectivity index (χ0n) is 14.2. The molecule has 2 atom stereocenters. The Bertz CT molecular complexity index is 865. The lowest BCUT2D eigenvalue weighted by atomic mass is 9.78. The lowest BCUT2D eigenvalue weighted by Crippen LogP contribution is -2.32. The van der Waals surface area contributed by atoms with Crippen molar-refractivity contribution in [3.63, 3.8) is 0 Å². The van der Waals surface area contributed by atoms with Crippen molar-refractivity contribution in [3.05, 3.63) is 57.7 Å². The van der Waals surface area contributed by atoms with Crippen molar-refractivity contribution in [3.8, 4) is 0 Å². The van der Waals surface area contributed by atoms with E-state index in [9.17, 15) is 27.2 Å². The molecule has 2 aliphatic rings. The average Bonchev–Trinajstić information content (AvgIpc) is 3.05. The Balaban J connectivity index is 2.30. The molecular formula is C18H15F4NO4. The Kier molecular flexibility index (Phi) is 5.20. The Morgan fingerprint density at radius 2 is 2.15 bits per heavy atom. The molecular weight excluding hydrogens is 370 g/mol. The van der Waals surface area contributed by atoms with Gasteiger partial charge < -0.3 is 14.8 Å². The second kappa shape index (κ2) is 7.42. The van der Waals surface area contributed by atoms with Crippen molar-refractivity contribution < 1.29 is 36.6 Å². The van der Waals surface area contributed by atoms with Gasteiger partial charge in [-0.2, -0.15) is 0 Å². The molecule has 2 aliphatic heterocycles. The Labute approximate surface area is 151 Å². The van der Waals surface area contributed by atoms with Crippen LogP contribution in [0.3, 0.4) is 0 Å². The highest BCUT2D eigenvalue weighted by atomic mass is 19.2. The molecule has 0 aliphatic carbocycles. The number of allylic oxidation sites excluding steroid dienone is 1. The molecule has 0 amide bonds. The molecule has 144 valence electrons. The van der Waals surface area contributed by atoms with Gasteiger partial charge in [-0.25, -0.2) is 27.2 Å².